The van der Waals surface area contributed by atoms with Crippen LogP contribution in [0.15, 0.2) is 22.7 Å². The number of thiazole rings is 1. The number of nitrogens with one attached hydrogen (secondary N) is 1. The van der Waals surface area contributed by atoms with Crippen molar-refractivity contribution in [3.8, 4) is 0 Å². The molecule has 0 aromatic carbocycles. The summed E-state index contributed by atoms with van der Waals surface area (Å²) in [7, 11) is 0. The maximum absolute atomic E-state index is 12.0. The van der Waals surface area contributed by atoms with E-state index < -0.39 is 6.10 Å². The van der Waals surface area contributed by atoms with E-state index in [1.165, 1.54) is 22.7 Å². The largest absolute Gasteiger partial charge is 0.382 e. The molecule has 1 aliphatic rings. The molecule has 0 spiro atoms. The third kappa shape index (κ3) is 2.84. The number of carbonyl (C=O) groups excluding carboxylic acids is 1. The smallest absolute Gasteiger partial charge is 0.270 e. The highest BCUT2D eigenvalue weighted by molar-refractivity contribution is 7.18. The van der Waals surface area contributed by atoms with Gasteiger partial charge in [0.1, 0.15) is 5.71 Å². The second kappa shape index (κ2) is 5.51. The van der Waals surface area contributed by atoms with Crippen LogP contribution in [0.5, 0.6) is 0 Å². The quantitative estimate of drug-likeness (QED) is 0.940. The van der Waals surface area contributed by atoms with E-state index in [1.807, 2.05) is 18.4 Å². The number of halogens is 1. The highest BCUT2D eigenvalue weighted by Gasteiger charge is 2.30. The number of hydrogen-bond donors (Lipinski definition) is 1. The predicted octanol–water partition coefficient (Wildman–Crippen LogP) is 3.30. The summed E-state index contributed by atoms with van der Waals surface area (Å²) in [5, 5.41) is 9.14. The Bertz CT molecular complexity index is 680. The standard InChI is InChI=1S/C12H10ClN3O2S2/c1-6-5-19-12(14-6)15-11(17)8-4-7(16-18-8)9-2-3-10(13)20-9/h2-3,5,8H,4H2,1H3,(H,14,15,17). The summed E-state index contributed by atoms with van der Waals surface area (Å²) < 4.78 is 0.689. The monoisotopic (exact) mass is 327 g/mol. The van der Waals surface area contributed by atoms with Crippen molar-refractivity contribution in [2.75, 3.05) is 5.32 Å². The lowest BCUT2D eigenvalue weighted by atomic mass is 10.1. The van der Waals surface area contributed by atoms with Gasteiger partial charge in [0.05, 0.1) is 14.9 Å². The molecule has 0 bridgehead atoms. The van der Waals surface area contributed by atoms with Crippen LogP contribution in [-0.2, 0) is 9.63 Å². The van der Waals surface area contributed by atoms with Crippen molar-refractivity contribution in [1.82, 2.24) is 4.98 Å². The van der Waals surface area contributed by atoms with Crippen LogP contribution >= 0.6 is 34.3 Å². The van der Waals surface area contributed by atoms with Crippen LogP contribution in [0.2, 0.25) is 4.34 Å². The number of aromatic nitrogens is 1. The molecule has 8 heteroatoms. The molecule has 1 aliphatic heterocycles. The Hall–Kier alpha value is -1.44. The highest BCUT2D eigenvalue weighted by Crippen LogP contribution is 2.27. The van der Waals surface area contributed by atoms with Crippen LogP contribution in [0.1, 0.15) is 17.0 Å². The molecule has 0 saturated heterocycles. The van der Waals surface area contributed by atoms with Crippen LogP contribution in [0.25, 0.3) is 0 Å². The lowest BCUT2D eigenvalue weighted by Gasteiger charge is -2.06. The number of rotatable bonds is 3. The molecule has 0 fully saturated rings. The van der Waals surface area contributed by atoms with Crippen LogP contribution < -0.4 is 5.32 Å². The summed E-state index contributed by atoms with van der Waals surface area (Å²) >= 11 is 8.69. The van der Waals surface area contributed by atoms with E-state index in [4.69, 9.17) is 16.4 Å². The molecule has 0 aliphatic carbocycles. The van der Waals surface area contributed by atoms with Gasteiger partial charge in [-0.15, -0.1) is 22.7 Å². The molecule has 2 aromatic heterocycles. The first-order valence-corrected chi connectivity index (χ1v) is 7.90. The Morgan fingerprint density at radius 1 is 1.55 bits per heavy atom. The van der Waals surface area contributed by atoms with Crippen molar-refractivity contribution in [3.63, 3.8) is 0 Å². The number of aryl methyl sites for hydroxylation is 1. The minimum absolute atomic E-state index is 0.235. The molecule has 5 nitrogen and oxygen atoms in total. The van der Waals surface area contributed by atoms with Gasteiger partial charge in [0, 0.05) is 11.8 Å². The molecule has 1 amide bonds. The minimum atomic E-state index is -0.616. The average Bonchev–Trinajstić information content (AvgIpc) is 3.10. The maximum Gasteiger partial charge on any atom is 0.270 e. The van der Waals surface area contributed by atoms with E-state index in [0.717, 1.165) is 16.3 Å². The Morgan fingerprint density at radius 3 is 3.05 bits per heavy atom. The van der Waals surface area contributed by atoms with Crippen molar-refractivity contribution in [1.29, 1.82) is 0 Å². The minimum Gasteiger partial charge on any atom is -0.382 e. The molecule has 1 atom stereocenters. The lowest BCUT2D eigenvalue weighted by Crippen LogP contribution is -2.27. The van der Waals surface area contributed by atoms with Crippen molar-refractivity contribution in [2.45, 2.75) is 19.4 Å². The van der Waals surface area contributed by atoms with Crippen molar-refractivity contribution < 1.29 is 9.63 Å². The summed E-state index contributed by atoms with van der Waals surface area (Å²) in [6.45, 7) is 1.87. The Kier molecular flexibility index (Phi) is 3.73. The molecule has 3 rings (SSSR count). The number of amides is 1. The fourth-order valence-corrected chi connectivity index (χ4v) is 3.45. The van der Waals surface area contributed by atoms with Crippen LogP contribution in [-0.4, -0.2) is 22.7 Å². The van der Waals surface area contributed by atoms with Crippen LogP contribution in [0.3, 0.4) is 0 Å². The SMILES string of the molecule is Cc1csc(NC(=O)C2CC(c3ccc(Cl)s3)=NO2)n1. The third-order valence-corrected chi connectivity index (χ3v) is 4.82. The van der Waals surface area contributed by atoms with Gasteiger partial charge in [-0.05, 0) is 19.1 Å². The maximum atomic E-state index is 12.0. The van der Waals surface area contributed by atoms with E-state index in [0.29, 0.717) is 15.9 Å². The van der Waals surface area contributed by atoms with Gasteiger partial charge in [-0.3, -0.25) is 10.1 Å². The third-order valence-electron chi connectivity index (χ3n) is 2.67. The molecular weight excluding hydrogens is 318 g/mol. The zero-order chi connectivity index (χ0) is 14.1. The zero-order valence-corrected chi connectivity index (χ0v) is 12.8. The molecule has 104 valence electrons. The number of thiophene rings is 1. The molecule has 2 aromatic rings. The van der Waals surface area contributed by atoms with Crippen molar-refractivity contribution in [3.05, 3.63) is 32.4 Å². The molecule has 1 N–H and O–H groups in total. The predicted molar refractivity (Wildman–Crippen MR) is 80.8 cm³/mol. The molecule has 20 heavy (non-hydrogen) atoms. The highest BCUT2D eigenvalue weighted by atomic mass is 35.5. The molecule has 0 radical (unpaired) electrons. The fourth-order valence-electron chi connectivity index (χ4n) is 1.73. The Labute approximate surface area is 128 Å². The fraction of sp³-hybridized carbons (Fsp3) is 0.250. The summed E-state index contributed by atoms with van der Waals surface area (Å²) in [5.74, 6) is -0.235. The average molecular weight is 328 g/mol. The van der Waals surface area contributed by atoms with E-state index in [1.54, 1.807) is 6.07 Å². The summed E-state index contributed by atoms with van der Waals surface area (Å²) in [6, 6.07) is 3.68. The van der Waals surface area contributed by atoms with Gasteiger partial charge in [0.2, 0.25) is 6.10 Å². The molecular formula is C12H10ClN3O2S2. The van der Waals surface area contributed by atoms with Gasteiger partial charge < -0.3 is 4.84 Å². The molecule has 3 heterocycles. The van der Waals surface area contributed by atoms with Gasteiger partial charge in [0.15, 0.2) is 5.13 Å². The van der Waals surface area contributed by atoms with Gasteiger partial charge in [-0.2, -0.15) is 0 Å². The molecule has 0 saturated carbocycles. The first-order chi connectivity index (χ1) is 9.61. The lowest BCUT2D eigenvalue weighted by molar-refractivity contribution is -0.125. The van der Waals surface area contributed by atoms with Crippen LogP contribution in [0.4, 0.5) is 5.13 Å². The number of oxime groups is 1. The Morgan fingerprint density at radius 2 is 2.40 bits per heavy atom. The van der Waals surface area contributed by atoms with Crippen LogP contribution in [0, 0.1) is 6.92 Å². The second-order valence-electron chi connectivity index (χ2n) is 4.22. The first kappa shape index (κ1) is 13.5. The zero-order valence-electron chi connectivity index (χ0n) is 10.4. The summed E-state index contributed by atoms with van der Waals surface area (Å²) in [5.41, 5.74) is 1.63. The normalized spacial score (nSPS) is 17.7. The second-order valence-corrected chi connectivity index (χ2v) is 6.80. The van der Waals surface area contributed by atoms with Gasteiger partial charge in [-0.25, -0.2) is 4.98 Å². The summed E-state index contributed by atoms with van der Waals surface area (Å²) in [4.78, 5) is 22.3. The Balaban J connectivity index is 1.62. The molecule has 1 unspecified atom stereocenters. The summed E-state index contributed by atoms with van der Waals surface area (Å²) in [6.07, 6.45) is -0.178. The van der Waals surface area contributed by atoms with E-state index in [2.05, 4.69) is 15.5 Å². The van der Waals surface area contributed by atoms with E-state index >= 15 is 0 Å². The van der Waals surface area contributed by atoms with E-state index in [9.17, 15) is 4.79 Å². The topological polar surface area (TPSA) is 63.6 Å². The van der Waals surface area contributed by atoms with Gasteiger partial charge in [-0.1, -0.05) is 16.8 Å². The number of nitrogens with zero attached hydrogens (tertiary/aromatic N) is 2. The van der Waals surface area contributed by atoms with Gasteiger partial charge in [0.25, 0.3) is 5.91 Å². The first-order valence-electron chi connectivity index (χ1n) is 5.83. The van der Waals surface area contributed by atoms with E-state index in [-0.39, 0.29) is 5.91 Å². The number of hydrogen-bond acceptors (Lipinski definition) is 6. The number of carbonyl (C=O) groups is 1. The number of anilines is 1. The van der Waals surface area contributed by atoms with Crippen molar-refractivity contribution in [2.24, 2.45) is 5.16 Å². The van der Waals surface area contributed by atoms with Gasteiger partial charge >= 0.3 is 0 Å². The van der Waals surface area contributed by atoms with Crippen molar-refractivity contribution >= 4 is 51.0 Å².